The molecule has 2 aromatic carbocycles. The first-order valence-corrected chi connectivity index (χ1v) is 9.58. The van der Waals surface area contributed by atoms with Gasteiger partial charge >= 0.3 is 0 Å². The van der Waals surface area contributed by atoms with E-state index in [0.29, 0.717) is 23.1 Å². The molecule has 2 aromatic rings. The Labute approximate surface area is 159 Å². The van der Waals surface area contributed by atoms with Crippen LogP contribution in [0.1, 0.15) is 25.3 Å². The Morgan fingerprint density at radius 2 is 1.92 bits per heavy atom. The number of likely N-dealkylation sites (tertiary alicyclic amines) is 1. The number of hydrogen-bond donors (Lipinski definition) is 1. The van der Waals surface area contributed by atoms with Gasteiger partial charge in [-0.05, 0) is 43.0 Å². The zero-order chi connectivity index (χ0) is 18.1. The monoisotopic (exact) mass is 368 g/mol. The molecule has 1 saturated heterocycles. The summed E-state index contributed by atoms with van der Waals surface area (Å²) in [7, 11) is 0. The number of rotatable bonds is 3. The molecule has 1 fully saturated rings. The lowest BCUT2D eigenvalue weighted by molar-refractivity contribution is -0.904. The standard InChI is InChI=1S/C21H22ClN3O/c1-15-9-11-24(12-10-15)14-25-19-8-3-2-7-18(19)20(21(25)26)23-17-6-4-5-16(22)13-17/h2-8,13,15H,9-12,14H2,1H3/p+1. The topological polar surface area (TPSA) is 37.1 Å². The molecule has 2 aliphatic heterocycles. The van der Waals surface area contributed by atoms with Crippen molar-refractivity contribution in [3.63, 3.8) is 0 Å². The number of nitrogens with one attached hydrogen (secondary N) is 1. The highest BCUT2D eigenvalue weighted by Gasteiger charge is 2.36. The normalized spacial score (nSPS) is 24.2. The van der Waals surface area contributed by atoms with Crippen LogP contribution in [0, 0.1) is 5.92 Å². The van der Waals surface area contributed by atoms with E-state index in [1.807, 2.05) is 47.4 Å². The van der Waals surface area contributed by atoms with Gasteiger partial charge in [0.05, 0.1) is 24.5 Å². The van der Waals surface area contributed by atoms with Crippen molar-refractivity contribution in [1.29, 1.82) is 0 Å². The number of halogens is 1. The third kappa shape index (κ3) is 3.39. The number of aliphatic imine (C=N–C) groups is 1. The van der Waals surface area contributed by atoms with Gasteiger partial charge in [0.2, 0.25) is 0 Å². The van der Waals surface area contributed by atoms with Crippen LogP contribution in [0.25, 0.3) is 0 Å². The lowest BCUT2D eigenvalue weighted by Gasteiger charge is -2.30. The number of carbonyl (C=O) groups is 1. The number of piperidine rings is 1. The number of nitrogens with zero attached hydrogens (tertiary/aromatic N) is 2. The summed E-state index contributed by atoms with van der Waals surface area (Å²) in [4.78, 5) is 21.1. The molecular formula is C21H23ClN3O+. The summed E-state index contributed by atoms with van der Waals surface area (Å²) < 4.78 is 0. The SMILES string of the molecule is CC1CC[NH+](CN2C(=O)C(=Nc3cccc(Cl)c3)c3ccccc32)CC1. The summed E-state index contributed by atoms with van der Waals surface area (Å²) in [5.74, 6) is 0.776. The van der Waals surface area contributed by atoms with Crippen molar-refractivity contribution in [1.82, 2.24) is 0 Å². The maximum absolute atomic E-state index is 13.1. The van der Waals surface area contributed by atoms with E-state index in [4.69, 9.17) is 11.6 Å². The van der Waals surface area contributed by atoms with Crippen LogP contribution < -0.4 is 9.80 Å². The van der Waals surface area contributed by atoms with E-state index in [1.54, 1.807) is 6.07 Å². The molecule has 5 heteroatoms. The molecule has 26 heavy (non-hydrogen) atoms. The molecule has 0 saturated carbocycles. The van der Waals surface area contributed by atoms with E-state index in [0.717, 1.165) is 30.3 Å². The minimum Gasteiger partial charge on any atom is -0.317 e. The average Bonchev–Trinajstić information content (AvgIpc) is 2.90. The molecule has 1 amide bonds. The number of benzene rings is 2. The highest BCUT2D eigenvalue weighted by atomic mass is 35.5. The molecule has 0 bridgehead atoms. The van der Waals surface area contributed by atoms with Crippen molar-refractivity contribution >= 4 is 34.6 Å². The van der Waals surface area contributed by atoms with E-state index >= 15 is 0 Å². The third-order valence-corrected chi connectivity index (χ3v) is 5.54. The highest BCUT2D eigenvalue weighted by Crippen LogP contribution is 2.30. The number of quaternary nitrogens is 1. The largest absolute Gasteiger partial charge is 0.317 e. The van der Waals surface area contributed by atoms with Crippen LogP contribution in [0.5, 0.6) is 0 Å². The Morgan fingerprint density at radius 1 is 1.15 bits per heavy atom. The molecule has 0 atom stereocenters. The average molecular weight is 369 g/mol. The molecule has 2 aliphatic rings. The van der Waals surface area contributed by atoms with Gasteiger partial charge in [-0.25, -0.2) is 4.99 Å². The first-order valence-electron chi connectivity index (χ1n) is 9.21. The highest BCUT2D eigenvalue weighted by molar-refractivity contribution is 6.54. The number of hydrogen-bond acceptors (Lipinski definition) is 2. The Hall–Kier alpha value is -2.17. The summed E-state index contributed by atoms with van der Waals surface area (Å²) in [5.41, 5.74) is 3.08. The number of para-hydroxylation sites is 1. The second-order valence-electron chi connectivity index (χ2n) is 7.28. The summed E-state index contributed by atoms with van der Waals surface area (Å²) in [6.07, 6.45) is 2.45. The fraction of sp³-hybridized carbons (Fsp3) is 0.333. The van der Waals surface area contributed by atoms with Crippen molar-refractivity contribution in [2.75, 3.05) is 24.7 Å². The van der Waals surface area contributed by atoms with Crippen molar-refractivity contribution in [2.24, 2.45) is 10.9 Å². The number of carbonyl (C=O) groups excluding carboxylic acids is 1. The second kappa shape index (κ2) is 7.22. The van der Waals surface area contributed by atoms with Crippen molar-refractivity contribution in [3.8, 4) is 0 Å². The van der Waals surface area contributed by atoms with Crippen molar-refractivity contribution in [2.45, 2.75) is 19.8 Å². The van der Waals surface area contributed by atoms with Gasteiger partial charge in [-0.3, -0.25) is 9.69 Å². The van der Waals surface area contributed by atoms with Gasteiger partial charge in [0.15, 0.2) is 6.67 Å². The van der Waals surface area contributed by atoms with Crippen LogP contribution >= 0.6 is 11.6 Å². The van der Waals surface area contributed by atoms with E-state index in [1.165, 1.54) is 17.7 Å². The third-order valence-electron chi connectivity index (χ3n) is 5.31. The predicted molar refractivity (Wildman–Crippen MR) is 106 cm³/mol. The van der Waals surface area contributed by atoms with Crippen molar-refractivity contribution in [3.05, 3.63) is 59.1 Å². The Balaban J connectivity index is 1.64. The van der Waals surface area contributed by atoms with E-state index in [9.17, 15) is 4.79 Å². The molecule has 0 spiro atoms. The summed E-state index contributed by atoms with van der Waals surface area (Å²) in [6, 6.07) is 15.2. The Kier molecular flexibility index (Phi) is 4.79. The van der Waals surface area contributed by atoms with E-state index in [2.05, 4.69) is 11.9 Å². The molecule has 134 valence electrons. The molecule has 0 unspecified atom stereocenters. The number of amides is 1. The maximum atomic E-state index is 13.1. The zero-order valence-electron chi connectivity index (χ0n) is 14.9. The van der Waals surface area contributed by atoms with Crippen LogP contribution in [-0.4, -0.2) is 31.4 Å². The number of anilines is 1. The van der Waals surface area contributed by atoms with Gasteiger partial charge < -0.3 is 4.90 Å². The minimum absolute atomic E-state index is 0.0164. The predicted octanol–water partition coefficient (Wildman–Crippen LogP) is 3.08. The minimum atomic E-state index is -0.0164. The van der Waals surface area contributed by atoms with Gasteiger partial charge in [0.1, 0.15) is 5.71 Å². The van der Waals surface area contributed by atoms with Gasteiger partial charge in [-0.15, -0.1) is 0 Å². The van der Waals surface area contributed by atoms with Crippen LogP contribution in [0.15, 0.2) is 53.5 Å². The van der Waals surface area contributed by atoms with Crippen LogP contribution in [-0.2, 0) is 4.79 Å². The first-order chi connectivity index (χ1) is 12.6. The smallest absolute Gasteiger partial charge is 0.281 e. The van der Waals surface area contributed by atoms with Crippen LogP contribution in [0.4, 0.5) is 11.4 Å². The van der Waals surface area contributed by atoms with Crippen LogP contribution in [0.2, 0.25) is 5.02 Å². The molecule has 2 heterocycles. The molecule has 1 N–H and O–H groups in total. The molecule has 0 aliphatic carbocycles. The fourth-order valence-electron chi connectivity index (χ4n) is 3.75. The summed E-state index contributed by atoms with van der Waals surface area (Å²) >= 11 is 6.07. The molecule has 4 rings (SSSR count). The quantitative estimate of drug-likeness (QED) is 0.888. The molecule has 0 aromatic heterocycles. The Morgan fingerprint density at radius 3 is 2.69 bits per heavy atom. The van der Waals surface area contributed by atoms with Crippen molar-refractivity contribution < 1.29 is 9.69 Å². The molecular weight excluding hydrogens is 346 g/mol. The number of fused-ring (bicyclic) bond motifs is 1. The summed E-state index contributed by atoms with van der Waals surface area (Å²) in [5, 5.41) is 0.620. The lowest BCUT2D eigenvalue weighted by atomic mass is 10.00. The van der Waals surface area contributed by atoms with Gasteiger partial charge in [-0.1, -0.05) is 42.8 Å². The molecule has 0 radical (unpaired) electrons. The van der Waals surface area contributed by atoms with E-state index in [-0.39, 0.29) is 5.91 Å². The fourth-order valence-corrected chi connectivity index (χ4v) is 3.94. The zero-order valence-corrected chi connectivity index (χ0v) is 15.7. The molecule has 4 nitrogen and oxygen atoms in total. The second-order valence-corrected chi connectivity index (χ2v) is 7.72. The van der Waals surface area contributed by atoms with Crippen LogP contribution in [0.3, 0.4) is 0 Å². The van der Waals surface area contributed by atoms with E-state index < -0.39 is 0 Å². The van der Waals surface area contributed by atoms with Gasteiger partial charge in [0.25, 0.3) is 5.91 Å². The lowest BCUT2D eigenvalue weighted by Crippen LogP contribution is -3.14. The van der Waals surface area contributed by atoms with Gasteiger partial charge in [0, 0.05) is 10.6 Å². The maximum Gasteiger partial charge on any atom is 0.281 e. The first kappa shape index (κ1) is 17.3. The van der Waals surface area contributed by atoms with Gasteiger partial charge in [-0.2, -0.15) is 0 Å². The Bertz CT molecular complexity index is 856. The summed E-state index contributed by atoms with van der Waals surface area (Å²) in [6.45, 7) is 5.25.